The predicted octanol–water partition coefficient (Wildman–Crippen LogP) is 2.09. The first kappa shape index (κ1) is 19.1. The maximum atomic E-state index is 15.1. The van der Waals surface area contributed by atoms with Gasteiger partial charge in [-0.05, 0) is 41.3 Å². The molecule has 0 atom stereocenters. The lowest BCUT2D eigenvalue weighted by atomic mass is 9.77. The molecule has 2 heterocycles. The van der Waals surface area contributed by atoms with E-state index >= 15 is 4.39 Å². The van der Waals surface area contributed by atoms with Gasteiger partial charge in [0.2, 0.25) is 0 Å². The number of aromatic hydroxyl groups is 3. The zero-order chi connectivity index (χ0) is 21.9. The lowest BCUT2D eigenvalue weighted by Crippen LogP contribution is -2.26. The molecule has 0 bridgehead atoms. The number of pyridine rings is 1. The van der Waals surface area contributed by atoms with Crippen LogP contribution in [0.5, 0.6) is 17.2 Å². The summed E-state index contributed by atoms with van der Waals surface area (Å²) >= 11 is 0. The van der Waals surface area contributed by atoms with Crippen LogP contribution >= 0.6 is 0 Å². The van der Waals surface area contributed by atoms with Crippen LogP contribution in [0.1, 0.15) is 0 Å². The van der Waals surface area contributed by atoms with Gasteiger partial charge in [0.1, 0.15) is 38.4 Å². The highest BCUT2D eigenvalue weighted by molar-refractivity contribution is 6.51. The monoisotopic (exact) mass is 411 g/mol. The number of phenols is 3. The molecule has 0 saturated carbocycles. The quantitative estimate of drug-likeness (QED) is 0.235. The van der Waals surface area contributed by atoms with Gasteiger partial charge in [-0.25, -0.2) is 4.39 Å². The summed E-state index contributed by atoms with van der Waals surface area (Å²) in [5.74, 6) is -2.02. The van der Waals surface area contributed by atoms with Gasteiger partial charge in [-0.1, -0.05) is 18.2 Å². The first-order valence-electron chi connectivity index (χ1n) is 9.69. The molecule has 0 unspecified atom stereocenters. The number of halogens is 1. The molecule has 0 amide bonds. The minimum absolute atomic E-state index is 0.117. The van der Waals surface area contributed by atoms with Crippen LogP contribution in [0.4, 0.5) is 4.39 Å². The number of fused-ring (bicyclic) bond motifs is 3. The molecule has 0 spiro atoms. The van der Waals surface area contributed by atoms with E-state index in [4.69, 9.17) is 4.42 Å². The van der Waals surface area contributed by atoms with Crippen molar-refractivity contribution in [1.82, 2.24) is 4.98 Å². The summed E-state index contributed by atoms with van der Waals surface area (Å²) in [4.78, 5) is 4.38. The second kappa shape index (κ2) is 6.80. The number of furan rings is 1. The Kier molecular flexibility index (Phi) is 4.18. The van der Waals surface area contributed by atoms with Gasteiger partial charge in [0, 0.05) is 22.5 Å². The summed E-state index contributed by atoms with van der Waals surface area (Å²) in [6, 6.07) is 14.0. The first-order chi connectivity index (χ1) is 14.9. The normalized spacial score (nSPS) is 11.4. The van der Waals surface area contributed by atoms with Crippen molar-refractivity contribution < 1.29 is 24.1 Å². The number of phenolic OH excluding ortho intramolecular Hbond substituents is 3. The van der Waals surface area contributed by atoms with E-state index in [0.717, 1.165) is 10.9 Å². The Morgan fingerprint density at radius 2 is 1.48 bits per heavy atom. The van der Waals surface area contributed by atoms with Gasteiger partial charge in [-0.15, -0.1) is 0 Å². The van der Waals surface area contributed by atoms with Crippen molar-refractivity contribution in [3.05, 3.63) is 60.5 Å². The molecule has 0 saturated heterocycles. The fraction of sp³-hybridized carbons (Fsp3) is 0. The first-order valence-corrected chi connectivity index (χ1v) is 9.69. The Balaban J connectivity index is 1.92. The lowest BCUT2D eigenvalue weighted by molar-refractivity contribution is 0.402. The van der Waals surface area contributed by atoms with Crippen molar-refractivity contribution in [2.24, 2.45) is 0 Å². The summed E-state index contributed by atoms with van der Waals surface area (Å²) in [6.45, 7) is 0. The number of hydrogen-bond donors (Lipinski definition) is 3. The van der Waals surface area contributed by atoms with Gasteiger partial charge in [0.05, 0.1) is 16.8 Å². The van der Waals surface area contributed by atoms with Gasteiger partial charge >= 0.3 is 0 Å². The highest BCUT2D eigenvalue weighted by Gasteiger charge is 2.26. The van der Waals surface area contributed by atoms with E-state index in [-0.39, 0.29) is 22.5 Å². The predicted molar refractivity (Wildman–Crippen MR) is 124 cm³/mol. The molecule has 31 heavy (non-hydrogen) atoms. The zero-order valence-electron chi connectivity index (χ0n) is 16.8. The summed E-state index contributed by atoms with van der Waals surface area (Å²) < 4.78 is 21.2. The van der Waals surface area contributed by atoms with Gasteiger partial charge in [0.15, 0.2) is 11.5 Å². The van der Waals surface area contributed by atoms with Crippen LogP contribution in [0.2, 0.25) is 0 Å². The van der Waals surface area contributed by atoms with Crippen LogP contribution in [0.3, 0.4) is 0 Å². The molecule has 0 fully saturated rings. The van der Waals surface area contributed by atoms with Gasteiger partial charge in [0.25, 0.3) is 0 Å². The summed E-state index contributed by atoms with van der Waals surface area (Å²) in [5, 5.41) is 33.0. The highest BCUT2D eigenvalue weighted by atomic mass is 19.1. The Labute approximate surface area is 178 Å². The fourth-order valence-corrected chi connectivity index (χ4v) is 3.98. The number of benzene rings is 3. The minimum Gasteiger partial charge on any atom is -0.508 e. The highest BCUT2D eigenvalue weighted by Crippen LogP contribution is 2.47. The SMILES string of the molecule is Bc1c(B)c(O)c(-c2c(F)ccc3c2oc2c(-c4ccccn4)cccc23)c(O)c1O. The second-order valence-electron chi connectivity index (χ2n) is 7.47. The van der Waals surface area contributed by atoms with Crippen LogP contribution in [-0.2, 0) is 0 Å². The molecule has 8 heteroatoms. The van der Waals surface area contributed by atoms with Crippen molar-refractivity contribution in [3.63, 3.8) is 0 Å². The van der Waals surface area contributed by atoms with Gasteiger partial charge < -0.3 is 19.7 Å². The van der Waals surface area contributed by atoms with Gasteiger partial charge in [-0.3, -0.25) is 4.98 Å². The van der Waals surface area contributed by atoms with Crippen LogP contribution in [0.15, 0.2) is 59.1 Å². The number of nitrogens with zero attached hydrogens (tertiary/aromatic N) is 1. The molecule has 0 aliphatic heterocycles. The molecular weight excluding hydrogens is 395 g/mol. The standard InChI is InChI=1S/C23H16B2FNO4/c24-17-18(25)21(30)20(29)16(19(17)28)15-13(26)8-7-11-10-4-3-5-12(22(10)31-23(11)15)14-6-1-2-9-27-14/h1-9,28-30H,24-25H2. The van der Waals surface area contributed by atoms with E-state index in [9.17, 15) is 15.3 Å². The maximum Gasteiger partial charge on any atom is 0.168 e. The van der Waals surface area contributed by atoms with Crippen LogP contribution in [0, 0.1) is 5.82 Å². The number of para-hydroxylation sites is 1. The van der Waals surface area contributed by atoms with E-state index in [1.54, 1.807) is 28.0 Å². The van der Waals surface area contributed by atoms with Crippen molar-refractivity contribution in [2.45, 2.75) is 0 Å². The molecule has 3 N–H and O–H groups in total. The molecule has 0 aliphatic rings. The molecule has 0 aliphatic carbocycles. The molecular formula is C23H16B2FNO4. The van der Waals surface area contributed by atoms with Crippen LogP contribution in [-0.4, -0.2) is 36.0 Å². The Morgan fingerprint density at radius 1 is 0.742 bits per heavy atom. The molecule has 0 radical (unpaired) electrons. The smallest absolute Gasteiger partial charge is 0.168 e. The summed E-state index contributed by atoms with van der Waals surface area (Å²) in [7, 11) is 3.15. The third-order valence-electron chi connectivity index (χ3n) is 5.78. The van der Waals surface area contributed by atoms with Crippen molar-refractivity contribution >= 4 is 48.6 Å². The number of aromatic nitrogens is 1. The van der Waals surface area contributed by atoms with Crippen molar-refractivity contribution in [1.29, 1.82) is 0 Å². The second-order valence-corrected chi connectivity index (χ2v) is 7.47. The minimum atomic E-state index is -0.695. The molecule has 5 nitrogen and oxygen atoms in total. The van der Waals surface area contributed by atoms with E-state index in [1.807, 2.05) is 36.4 Å². The van der Waals surface area contributed by atoms with Gasteiger partial charge in [-0.2, -0.15) is 0 Å². The zero-order valence-corrected chi connectivity index (χ0v) is 16.8. The van der Waals surface area contributed by atoms with E-state index in [0.29, 0.717) is 27.6 Å². The third-order valence-corrected chi connectivity index (χ3v) is 5.78. The Hall–Kier alpha value is -3.93. The molecule has 5 aromatic rings. The number of hydrogen-bond acceptors (Lipinski definition) is 5. The largest absolute Gasteiger partial charge is 0.508 e. The van der Waals surface area contributed by atoms with Crippen LogP contribution < -0.4 is 10.9 Å². The average Bonchev–Trinajstić information content (AvgIpc) is 3.17. The Bertz CT molecular complexity index is 1470. The molecule has 2 aromatic heterocycles. The molecule has 150 valence electrons. The fourth-order valence-electron chi connectivity index (χ4n) is 3.98. The third kappa shape index (κ3) is 2.68. The van der Waals surface area contributed by atoms with Crippen molar-refractivity contribution in [2.75, 3.05) is 0 Å². The lowest BCUT2D eigenvalue weighted by Gasteiger charge is -2.15. The molecule has 5 rings (SSSR count). The maximum absolute atomic E-state index is 15.1. The summed E-state index contributed by atoms with van der Waals surface area (Å²) in [5.41, 5.74) is 2.43. The van der Waals surface area contributed by atoms with Crippen molar-refractivity contribution in [3.8, 4) is 39.6 Å². The molecule has 3 aromatic carbocycles. The van der Waals surface area contributed by atoms with E-state index in [1.165, 1.54) is 6.07 Å². The average molecular weight is 411 g/mol. The summed E-state index contributed by atoms with van der Waals surface area (Å²) in [6.07, 6.45) is 1.68. The van der Waals surface area contributed by atoms with E-state index < -0.39 is 17.3 Å². The number of rotatable bonds is 2. The van der Waals surface area contributed by atoms with E-state index in [2.05, 4.69) is 4.98 Å². The Morgan fingerprint density at radius 3 is 2.23 bits per heavy atom. The topological polar surface area (TPSA) is 86.7 Å². The van der Waals surface area contributed by atoms with Crippen LogP contribution in [0.25, 0.3) is 44.3 Å².